The fourth-order valence-electron chi connectivity index (χ4n) is 3.89. The van der Waals surface area contributed by atoms with Crippen LogP contribution < -0.4 is 10.2 Å². The van der Waals surface area contributed by atoms with Gasteiger partial charge < -0.3 is 15.0 Å². The van der Waals surface area contributed by atoms with Crippen LogP contribution in [-0.4, -0.2) is 49.7 Å². The number of nitrogens with one attached hydrogen (secondary N) is 1. The number of carbonyl (C=O) groups is 1. The van der Waals surface area contributed by atoms with Gasteiger partial charge in [0.05, 0.1) is 24.9 Å². The van der Waals surface area contributed by atoms with E-state index in [1.54, 1.807) is 6.07 Å². The van der Waals surface area contributed by atoms with Crippen LogP contribution in [0, 0.1) is 5.82 Å². The second-order valence-electron chi connectivity index (χ2n) is 6.47. The summed E-state index contributed by atoms with van der Waals surface area (Å²) in [6.45, 7) is 3.58. The van der Waals surface area contributed by atoms with Gasteiger partial charge in [0.1, 0.15) is 12.0 Å². The molecule has 0 saturated carbocycles. The SMILES string of the molecule is O=C1N[C@H](c2ccc(N3CCOCC3)c(F)c2)N2CCCC[C@@H]12. The van der Waals surface area contributed by atoms with Crippen LogP contribution in [-0.2, 0) is 9.53 Å². The molecule has 0 unspecified atom stereocenters. The molecular formula is C17H22FN3O2. The highest BCUT2D eigenvalue weighted by atomic mass is 19.1. The van der Waals surface area contributed by atoms with E-state index in [2.05, 4.69) is 10.2 Å². The first-order chi connectivity index (χ1) is 11.2. The van der Waals surface area contributed by atoms with Crippen LogP contribution in [0.1, 0.15) is 31.0 Å². The molecule has 3 aliphatic heterocycles. The molecule has 0 bridgehead atoms. The minimum atomic E-state index is -0.223. The molecule has 124 valence electrons. The van der Waals surface area contributed by atoms with Gasteiger partial charge in [-0.05, 0) is 30.5 Å². The lowest BCUT2D eigenvalue weighted by molar-refractivity contribution is -0.122. The summed E-state index contributed by atoms with van der Waals surface area (Å²) in [6, 6.07) is 5.30. The zero-order valence-electron chi connectivity index (χ0n) is 13.1. The van der Waals surface area contributed by atoms with E-state index in [0.717, 1.165) is 31.4 Å². The number of morpholine rings is 1. The highest BCUT2D eigenvalue weighted by Crippen LogP contribution is 2.33. The van der Waals surface area contributed by atoms with Crippen molar-refractivity contribution in [2.75, 3.05) is 37.7 Å². The molecule has 3 fully saturated rings. The maximum absolute atomic E-state index is 14.6. The van der Waals surface area contributed by atoms with Crippen LogP contribution in [0.25, 0.3) is 0 Å². The van der Waals surface area contributed by atoms with Crippen molar-refractivity contribution < 1.29 is 13.9 Å². The number of halogens is 1. The molecule has 5 nitrogen and oxygen atoms in total. The number of ether oxygens (including phenoxy) is 1. The molecule has 0 aliphatic carbocycles. The van der Waals surface area contributed by atoms with Gasteiger partial charge in [-0.1, -0.05) is 12.5 Å². The summed E-state index contributed by atoms with van der Waals surface area (Å²) < 4.78 is 19.9. The predicted octanol–water partition coefficient (Wildman–Crippen LogP) is 1.65. The van der Waals surface area contributed by atoms with E-state index in [-0.39, 0.29) is 23.9 Å². The van der Waals surface area contributed by atoms with Crippen LogP contribution in [0.15, 0.2) is 18.2 Å². The van der Waals surface area contributed by atoms with Crippen molar-refractivity contribution in [2.24, 2.45) is 0 Å². The standard InChI is InChI=1S/C17H22FN3O2/c18-13-11-12(4-5-14(13)20-7-9-23-10-8-20)16-19-17(22)15-3-1-2-6-21(15)16/h4-5,11,15-16H,1-3,6-10H2,(H,19,22)/t15-,16-/m0/s1. The quantitative estimate of drug-likeness (QED) is 0.900. The Morgan fingerprint density at radius 2 is 2.00 bits per heavy atom. The van der Waals surface area contributed by atoms with Gasteiger partial charge in [-0.3, -0.25) is 9.69 Å². The maximum Gasteiger partial charge on any atom is 0.238 e. The summed E-state index contributed by atoms with van der Waals surface area (Å²) in [7, 11) is 0. The molecule has 3 heterocycles. The van der Waals surface area contributed by atoms with Crippen molar-refractivity contribution in [3.8, 4) is 0 Å². The Morgan fingerprint density at radius 1 is 1.17 bits per heavy atom. The maximum atomic E-state index is 14.6. The number of rotatable bonds is 2. The molecule has 4 rings (SSSR count). The molecule has 3 aliphatic rings. The number of benzene rings is 1. The lowest BCUT2D eigenvalue weighted by Gasteiger charge is -2.32. The molecular weight excluding hydrogens is 297 g/mol. The summed E-state index contributed by atoms with van der Waals surface area (Å²) in [5.41, 5.74) is 1.45. The third kappa shape index (κ3) is 2.70. The lowest BCUT2D eigenvalue weighted by atomic mass is 10.0. The number of carbonyl (C=O) groups excluding carboxylic acids is 1. The van der Waals surface area contributed by atoms with Gasteiger partial charge in [0, 0.05) is 19.6 Å². The van der Waals surface area contributed by atoms with Gasteiger partial charge in [-0.25, -0.2) is 4.39 Å². The number of fused-ring (bicyclic) bond motifs is 1. The molecule has 1 amide bonds. The monoisotopic (exact) mass is 319 g/mol. The van der Waals surface area contributed by atoms with Crippen LogP contribution in [0.5, 0.6) is 0 Å². The Bertz CT molecular complexity index is 604. The smallest absolute Gasteiger partial charge is 0.238 e. The number of piperidine rings is 1. The molecule has 1 N–H and O–H groups in total. The van der Waals surface area contributed by atoms with E-state index in [9.17, 15) is 9.18 Å². The molecule has 1 aromatic rings. The Labute approximate surface area is 135 Å². The fourth-order valence-corrected chi connectivity index (χ4v) is 3.89. The van der Waals surface area contributed by atoms with E-state index in [4.69, 9.17) is 4.74 Å². The number of hydrogen-bond acceptors (Lipinski definition) is 4. The van der Waals surface area contributed by atoms with Crippen molar-refractivity contribution in [2.45, 2.75) is 31.5 Å². The second kappa shape index (κ2) is 6.09. The summed E-state index contributed by atoms with van der Waals surface area (Å²) in [5.74, 6) is -0.147. The average molecular weight is 319 g/mol. The minimum Gasteiger partial charge on any atom is -0.378 e. The van der Waals surface area contributed by atoms with Gasteiger partial charge in [0.2, 0.25) is 5.91 Å². The summed E-state index contributed by atoms with van der Waals surface area (Å²) >= 11 is 0. The average Bonchev–Trinajstić information content (AvgIpc) is 2.93. The third-order valence-corrected chi connectivity index (χ3v) is 5.10. The van der Waals surface area contributed by atoms with Crippen molar-refractivity contribution in [1.82, 2.24) is 10.2 Å². The first-order valence-electron chi connectivity index (χ1n) is 8.42. The number of amides is 1. The van der Waals surface area contributed by atoms with Crippen LogP contribution >= 0.6 is 0 Å². The van der Waals surface area contributed by atoms with E-state index in [1.807, 2.05) is 17.0 Å². The fraction of sp³-hybridized carbons (Fsp3) is 0.588. The first-order valence-corrected chi connectivity index (χ1v) is 8.42. The van der Waals surface area contributed by atoms with Crippen molar-refractivity contribution in [3.05, 3.63) is 29.6 Å². The molecule has 23 heavy (non-hydrogen) atoms. The Balaban J connectivity index is 1.57. The minimum absolute atomic E-state index is 0.0456. The van der Waals surface area contributed by atoms with Gasteiger partial charge in [0.25, 0.3) is 0 Å². The van der Waals surface area contributed by atoms with E-state index < -0.39 is 0 Å². The molecule has 2 atom stereocenters. The number of anilines is 1. The third-order valence-electron chi connectivity index (χ3n) is 5.10. The summed E-state index contributed by atoms with van der Waals surface area (Å²) in [5, 5.41) is 3.03. The molecule has 1 aromatic carbocycles. The highest BCUT2D eigenvalue weighted by Gasteiger charge is 2.41. The van der Waals surface area contributed by atoms with Crippen molar-refractivity contribution in [1.29, 1.82) is 0 Å². The Morgan fingerprint density at radius 3 is 2.78 bits per heavy atom. The van der Waals surface area contributed by atoms with Gasteiger partial charge >= 0.3 is 0 Å². The Hall–Kier alpha value is -1.66. The van der Waals surface area contributed by atoms with Gasteiger partial charge in [0.15, 0.2) is 0 Å². The highest BCUT2D eigenvalue weighted by molar-refractivity contribution is 5.84. The lowest BCUT2D eigenvalue weighted by Crippen LogP contribution is -2.38. The Kier molecular flexibility index (Phi) is 3.95. The molecule has 0 radical (unpaired) electrons. The zero-order valence-corrected chi connectivity index (χ0v) is 13.1. The van der Waals surface area contributed by atoms with Crippen molar-refractivity contribution >= 4 is 11.6 Å². The second-order valence-corrected chi connectivity index (χ2v) is 6.47. The van der Waals surface area contributed by atoms with E-state index in [1.165, 1.54) is 0 Å². The largest absolute Gasteiger partial charge is 0.378 e. The van der Waals surface area contributed by atoms with Gasteiger partial charge in [-0.2, -0.15) is 0 Å². The summed E-state index contributed by atoms with van der Waals surface area (Å²) in [4.78, 5) is 16.3. The van der Waals surface area contributed by atoms with Crippen LogP contribution in [0.3, 0.4) is 0 Å². The topological polar surface area (TPSA) is 44.8 Å². The van der Waals surface area contributed by atoms with Gasteiger partial charge in [-0.15, -0.1) is 0 Å². The normalized spacial score (nSPS) is 28.6. The van der Waals surface area contributed by atoms with Crippen LogP contribution in [0.4, 0.5) is 10.1 Å². The van der Waals surface area contributed by atoms with Crippen LogP contribution in [0.2, 0.25) is 0 Å². The molecule has 0 aromatic heterocycles. The molecule has 0 spiro atoms. The van der Waals surface area contributed by atoms with Crippen molar-refractivity contribution in [3.63, 3.8) is 0 Å². The predicted molar refractivity (Wildman–Crippen MR) is 84.7 cm³/mol. The summed E-state index contributed by atoms with van der Waals surface area (Å²) in [6.07, 6.45) is 2.89. The number of hydrogen-bond donors (Lipinski definition) is 1. The van der Waals surface area contributed by atoms with E-state index >= 15 is 0 Å². The van der Waals surface area contributed by atoms with E-state index in [0.29, 0.717) is 32.0 Å². The zero-order chi connectivity index (χ0) is 15.8. The molecule has 6 heteroatoms. The number of nitrogens with zero attached hydrogens (tertiary/aromatic N) is 2. The first kappa shape index (κ1) is 14.9. The molecule has 3 saturated heterocycles.